The summed E-state index contributed by atoms with van der Waals surface area (Å²) in [7, 11) is 0. The van der Waals surface area contributed by atoms with Gasteiger partial charge in [-0.05, 0) is 69.9 Å². The largest absolute Gasteiger partial charge is 0.488 e. The van der Waals surface area contributed by atoms with E-state index in [0.717, 1.165) is 16.7 Å². The molecule has 2 aromatic carbocycles. The van der Waals surface area contributed by atoms with Crippen molar-refractivity contribution in [3.8, 4) is 16.9 Å². The smallest absolute Gasteiger partial charge is 0.411 e. The third kappa shape index (κ3) is 5.37. The monoisotopic (exact) mass is 479 g/mol. The zero-order valence-corrected chi connectivity index (χ0v) is 20.4. The number of ether oxygens (including phenoxy) is 3. The Bertz CT molecular complexity index is 1190. The van der Waals surface area contributed by atoms with E-state index in [1.54, 1.807) is 45.0 Å². The Hall–Kier alpha value is -3.68. The lowest BCUT2D eigenvalue weighted by Crippen LogP contribution is -2.44. The molecular formula is C27H29NO7. The van der Waals surface area contributed by atoms with Gasteiger partial charge in [0.25, 0.3) is 0 Å². The molecule has 1 fully saturated rings. The van der Waals surface area contributed by atoms with E-state index < -0.39 is 30.3 Å². The molecule has 1 atom stereocenters. The minimum absolute atomic E-state index is 0.0375. The van der Waals surface area contributed by atoms with Gasteiger partial charge in [0.2, 0.25) is 0 Å². The quantitative estimate of drug-likeness (QED) is 0.457. The maximum Gasteiger partial charge on any atom is 0.411 e. The standard InChI is InChI=1S/C27H29NO7/c1-16(29)17-7-10-21-20-9-8-18(12-19(20)14-33-24(21)13-17)23(30)15-34-25(31)22-6-5-11-28(22)26(32)35-27(2,3)4/h7-10,12-13,22H,5-6,11,14-15H2,1-4H3. The van der Waals surface area contributed by atoms with Crippen LogP contribution in [0.4, 0.5) is 4.79 Å². The fourth-order valence-corrected chi connectivity index (χ4v) is 4.26. The van der Waals surface area contributed by atoms with Crippen LogP contribution in [0.25, 0.3) is 11.1 Å². The molecule has 8 heteroatoms. The van der Waals surface area contributed by atoms with Gasteiger partial charge >= 0.3 is 12.1 Å². The van der Waals surface area contributed by atoms with Crippen molar-refractivity contribution >= 4 is 23.6 Å². The van der Waals surface area contributed by atoms with Crippen molar-refractivity contribution in [2.75, 3.05) is 13.2 Å². The highest BCUT2D eigenvalue weighted by molar-refractivity contribution is 5.99. The maximum absolute atomic E-state index is 12.8. The van der Waals surface area contributed by atoms with E-state index in [2.05, 4.69) is 0 Å². The Morgan fingerprint density at radius 2 is 1.74 bits per heavy atom. The number of benzene rings is 2. The normalized spacial score (nSPS) is 16.6. The van der Waals surface area contributed by atoms with Gasteiger partial charge in [-0.1, -0.05) is 18.2 Å². The summed E-state index contributed by atoms with van der Waals surface area (Å²) in [5.74, 6) is -0.368. The summed E-state index contributed by atoms with van der Waals surface area (Å²) in [6, 6.07) is 9.81. The molecule has 0 aliphatic carbocycles. The van der Waals surface area contributed by atoms with Gasteiger partial charge in [-0.15, -0.1) is 0 Å². The molecule has 0 spiro atoms. The zero-order valence-electron chi connectivity index (χ0n) is 20.4. The molecule has 1 amide bonds. The lowest BCUT2D eigenvalue weighted by molar-refractivity contribution is -0.147. The van der Waals surface area contributed by atoms with Gasteiger partial charge in [0.15, 0.2) is 18.2 Å². The summed E-state index contributed by atoms with van der Waals surface area (Å²) in [4.78, 5) is 50.8. The van der Waals surface area contributed by atoms with Gasteiger partial charge in [-0.2, -0.15) is 0 Å². The topological polar surface area (TPSA) is 99.2 Å². The van der Waals surface area contributed by atoms with Crippen molar-refractivity contribution in [2.24, 2.45) is 0 Å². The Labute approximate surface area is 204 Å². The molecule has 1 unspecified atom stereocenters. The Morgan fingerprint density at radius 1 is 1.03 bits per heavy atom. The zero-order chi connectivity index (χ0) is 25.3. The van der Waals surface area contributed by atoms with Crippen LogP contribution in [0.1, 0.15) is 66.8 Å². The summed E-state index contributed by atoms with van der Waals surface area (Å²) in [5.41, 5.74) is 2.92. The molecule has 1 saturated heterocycles. The third-order valence-electron chi connectivity index (χ3n) is 5.99. The number of nitrogens with zero attached hydrogens (tertiary/aromatic N) is 1. The molecule has 4 rings (SSSR count). The molecule has 0 N–H and O–H groups in total. The van der Waals surface area contributed by atoms with Crippen molar-refractivity contribution in [3.05, 3.63) is 53.1 Å². The highest BCUT2D eigenvalue weighted by Gasteiger charge is 2.38. The molecular weight excluding hydrogens is 450 g/mol. The van der Waals surface area contributed by atoms with E-state index in [4.69, 9.17) is 14.2 Å². The van der Waals surface area contributed by atoms with Gasteiger partial charge in [0, 0.05) is 23.2 Å². The predicted octanol–water partition coefficient (Wildman–Crippen LogP) is 4.57. The number of esters is 1. The highest BCUT2D eigenvalue weighted by Crippen LogP contribution is 2.38. The molecule has 0 aromatic heterocycles. The summed E-state index contributed by atoms with van der Waals surface area (Å²) in [6.45, 7) is 7.04. The summed E-state index contributed by atoms with van der Waals surface area (Å²) >= 11 is 0. The van der Waals surface area contributed by atoms with E-state index in [0.29, 0.717) is 36.3 Å². The molecule has 2 aliphatic heterocycles. The molecule has 0 saturated carbocycles. The number of hydrogen-bond acceptors (Lipinski definition) is 7. The van der Waals surface area contributed by atoms with Crippen LogP contribution < -0.4 is 4.74 Å². The Balaban J connectivity index is 1.41. The van der Waals surface area contributed by atoms with Crippen molar-refractivity contribution in [2.45, 2.75) is 58.8 Å². The van der Waals surface area contributed by atoms with Crippen LogP contribution in [-0.4, -0.2) is 53.3 Å². The van der Waals surface area contributed by atoms with Crippen molar-refractivity contribution in [1.29, 1.82) is 0 Å². The Kier molecular flexibility index (Phi) is 6.65. The van der Waals surface area contributed by atoms with Crippen LogP contribution in [0, 0.1) is 0 Å². The lowest BCUT2D eigenvalue weighted by Gasteiger charge is -2.27. The molecule has 184 valence electrons. The Morgan fingerprint density at radius 3 is 2.46 bits per heavy atom. The molecule has 2 heterocycles. The lowest BCUT2D eigenvalue weighted by atomic mass is 9.93. The average molecular weight is 480 g/mol. The van der Waals surface area contributed by atoms with Gasteiger partial charge in [-0.25, -0.2) is 9.59 Å². The van der Waals surface area contributed by atoms with Crippen LogP contribution in [-0.2, 0) is 20.9 Å². The number of hydrogen-bond donors (Lipinski definition) is 0. The van der Waals surface area contributed by atoms with E-state index in [1.807, 2.05) is 12.1 Å². The second-order valence-corrected chi connectivity index (χ2v) is 9.79. The number of ketones is 2. The first-order valence-corrected chi connectivity index (χ1v) is 11.6. The minimum atomic E-state index is -0.758. The molecule has 0 radical (unpaired) electrons. The number of Topliss-reactive ketones (excluding diaryl/α,β-unsaturated/α-hetero) is 2. The fourth-order valence-electron chi connectivity index (χ4n) is 4.26. The molecule has 0 bridgehead atoms. The number of likely N-dealkylation sites (tertiary alicyclic amines) is 1. The third-order valence-corrected chi connectivity index (χ3v) is 5.99. The predicted molar refractivity (Wildman–Crippen MR) is 127 cm³/mol. The maximum atomic E-state index is 12.8. The summed E-state index contributed by atoms with van der Waals surface area (Å²) < 4.78 is 16.5. The van der Waals surface area contributed by atoms with Gasteiger partial charge in [0.05, 0.1) is 0 Å². The summed E-state index contributed by atoms with van der Waals surface area (Å²) in [6.07, 6.45) is 0.564. The first-order valence-electron chi connectivity index (χ1n) is 11.6. The molecule has 8 nitrogen and oxygen atoms in total. The number of carbonyl (C=O) groups excluding carboxylic acids is 4. The first kappa shape index (κ1) is 24.4. The van der Waals surface area contributed by atoms with Gasteiger partial charge < -0.3 is 14.2 Å². The van der Waals surface area contributed by atoms with Crippen LogP contribution in [0.2, 0.25) is 0 Å². The second kappa shape index (κ2) is 9.52. The number of carbonyl (C=O) groups is 4. The second-order valence-electron chi connectivity index (χ2n) is 9.79. The van der Waals surface area contributed by atoms with E-state index >= 15 is 0 Å². The van der Waals surface area contributed by atoms with E-state index in [9.17, 15) is 19.2 Å². The SMILES string of the molecule is CC(=O)c1ccc2c(c1)OCc1cc(C(=O)COC(=O)C3CCCN3C(=O)OC(C)(C)C)ccc1-2. The highest BCUT2D eigenvalue weighted by atomic mass is 16.6. The van der Waals surface area contributed by atoms with Crippen molar-refractivity contribution in [1.82, 2.24) is 4.90 Å². The van der Waals surface area contributed by atoms with Crippen LogP contribution in [0.3, 0.4) is 0 Å². The van der Waals surface area contributed by atoms with Crippen LogP contribution in [0.5, 0.6) is 5.75 Å². The molecule has 2 aromatic rings. The van der Waals surface area contributed by atoms with Crippen LogP contribution >= 0.6 is 0 Å². The minimum Gasteiger partial charge on any atom is -0.488 e. The van der Waals surface area contributed by atoms with Crippen molar-refractivity contribution in [3.63, 3.8) is 0 Å². The van der Waals surface area contributed by atoms with E-state index in [-0.39, 0.29) is 18.2 Å². The van der Waals surface area contributed by atoms with Gasteiger partial charge in [0.1, 0.15) is 24.0 Å². The van der Waals surface area contributed by atoms with Crippen LogP contribution in [0.15, 0.2) is 36.4 Å². The number of fused-ring (bicyclic) bond motifs is 3. The van der Waals surface area contributed by atoms with Crippen molar-refractivity contribution < 1.29 is 33.4 Å². The average Bonchev–Trinajstić information content (AvgIpc) is 3.30. The summed E-state index contributed by atoms with van der Waals surface area (Å²) in [5, 5.41) is 0. The van der Waals surface area contributed by atoms with Gasteiger partial charge in [-0.3, -0.25) is 14.5 Å². The molecule has 2 aliphatic rings. The first-order chi connectivity index (χ1) is 16.5. The molecule has 35 heavy (non-hydrogen) atoms. The number of rotatable bonds is 5. The number of amides is 1. The fraction of sp³-hybridized carbons (Fsp3) is 0.407. The van der Waals surface area contributed by atoms with E-state index in [1.165, 1.54) is 11.8 Å².